The van der Waals surface area contributed by atoms with E-state index >= 15 is 0 Å². The largest absolute Gasteiger partial charge is 0.481 e. The van der Waals surface area contributed by atoms with E-state index in [1.807, 2.05) is 0 Å². The van der Waals surface area contributed by atoms with Crippen LogP contribution in [-0.2, 0) is 24.0 Å². The van der Waals surface area contributed by atoms with E-state index in [0.717, 1.165) is 0 Å². The fourth-order valence-corrected chi connectivity index (χ4v) is 2.66. The van der Waals surface area contributed by atoms with E-state index in [4.69, 9.17) is 21.7 Å². The molecule has 0 rings (SSSR count). The number of hydrogen-bond acceptors (Lipinski definition) is 9. The van der Waals surface area contributed by atoms with Crippen molar-refractivity contribution in [2.45, 2.75) is 62.9 Å². The van der Waals surface area contributed by atoms with Crippen molar-refractivity contribution in [2.75, 3.05) is 12.3 Å². The van der Waals surface area contributed by atoms with Gasteiger partial charge in [-0.2, -0.15) is 12.6 Å². The van der Waals surface area contributed by atoms with Crippen LogP contribution in [0.15, 0.2) is 0 Å². The Kier molecular flexibility index (Phi) is 13.4. The van der Waals surface area contributed by atoms with Crippen molar-refractivity contribution < 1.29 is 39.3 Å². The molecule has 0 radical (unpaired) electrons. The lowest BCUT2D eigenvalue weighted by Gasteiger charge is -2.25. The van der Waals surface area contributed by atoms with Crippen LogP contribution >= 0.6 is 12.6 Å². The maximum absolute atomic E-state index is 12.5. The van der Waals surface area contributed by atoms with Crippen LogP contribution in [-0.4, -0.2) is 87.5 Å². The van der Waals surface area contributed by atoms with Crippen molar-refractivity contribution in [2.24, 2.45) is 11.5 Å². The third-order valence-corrected chi connectivity index (χ3v) is 4.54. The Morgan fingerprint density at radius 1 is 0.935 bits per heavy atom. The first-order chi connectivity index (χ1) is 14.4. The summed E-state index contributed by atoms with van der Waals surface area (Å²) in [5.41, 5.74) is 11.1. The van der Waals surface area contributed by atoms with Crippen molar-refractivity contribution >= 4 is 42.3 Å². The van der Waals surface area contributed by atoms with Gasteiger partial charge in [0.25, 0.3) is 0 Å². The van der Waals surface area contributed by atoms with Crippen molar-refractivity contribution in [1.82, 2.24) is 16.0 Å². The summed E-state index contributed by atoms with van der Waals surface area (Å²) in [6.45, 7) is 1.63. The molecule has 0 aromatic heterocycles. The van der Waals surface area contributed by atoms with Crippen LogP contribution in [0.3, 0.4) is 0 Å². The van der Waals surface area contributed by atoms with Crippen LogP contribution in [0.5, 0.6) is 0 Å². The van der Waals surface area contributed by atoms with Crippen LogP contribution in [0.25, 0.3) is 0 Å². The smallest absolute Gasteiger partial charge is 0.327 e. The highest BCUT2D eigenvalue weighted by molar-refractivity contribution is 7.80. The van der Waals surface area contributed by atoms with E-state index in [1.54, 1.807) is 0 Å². The number of rotatable bonds is 15. The molecule has 0 saturated carbocycles. The summed E-state index contributed by atoms with van der Waals surface area (Å²) < 4.78 is 0. The van der Waals surface area contributed by atoms with E-state index in [-0.39, 0.29) is 5.75 Å². The molecule has 178 valence electrons. The zero-order valence-corrected chi connectivity index (χ0v) is 18.0. The number of aliphatic carboxylic acids is 2. The van der Waals surface area contributed by atoms with Gasteiger partial charge in [-0.1, -0.05) is 6.42 Å². The molecule has 0 spiro atoms. The Morgan fingerprint density at radius 2 is 1.52 bits per heavy atom. The number of unbranched alkanes of at least 4 members (excludes halogenated alkanes) is 1. The van der Waals surface area contributed by atoms with Crippen molar-refractivity contribution in [3.8, 4) is 0 Å². The quantitative estimate of drug-likeness (QED) is 0.0865. The van der Waals surface area contributed by atoms with Crippen LogP contribution in [0, 0.1) is 0 Å². The Bertz CT molecular complexity index is 648. The van der Waals surface area contributed by atoms with E-state index < -0.39 is 66.4 Å². The minimum absolute atomic E-state index is 0.275. The molecule has 0 saturated heterocycles. The summed E-state index contributed by atoms with van der Waals surface area (Å²) in [5.74, 6) is -5.97. The standard InChI is InChI=1S/C17H31N5O8S/c1-8(23)13(22-14(26)9(19)4-2-3-5-18)16(28)20-10(6-12(24)25)15(27)21-11(7-31)17(29)30/h8-11,13,23,31H,2-7,18-19H2,1H3,(H,20,28)(H,21,27)(H,22,26)(H,24,25)(H,29,30). The Balaban J connectivity index is 5.26. The summed E-state index contributed by atoms with van der Waals surface area (Å²) in [5, 5.41) is 34.3. The highest BCUT2D eigenvalue weighted by Gasteiger charge is 2.33. The molecule has 14 heteroatoms. The number of thiol groups is 1. The van der Waals surface area contributed by atoms with E-state index in [9.17, 15) is 29.1 Å². The molecule has 0 aliphatic rings. The molecule has 5 atom stereocenters. The molecule has 13 nitrogen and oxygen atoms in total. The van der Waals surface area contributed by atoms with Crippen LogP contribution in [0.2, 0.25) is 0 Å². The average Bonchev–Trinajstić information content (AvgIpc) is 2.68. The number of carbonyl (C=O) groups excluding carboxylic acids is 3. The maximum atomic E-state index is 12.5. The van der Waals surface area contributed by atoms with Gasteiger partial charge in [0.05, 0.1) is 18.6 Å². The van der Waals surface area contributed by atoms with Crippen molar-refractivity contribution in [3.63, 3.8) is 0 Å². The van der Waals surface area contributed by atoms with Gasteiger partial charge in [-0.05, 0) is 26.3 Å². The normalized spacial score (nSPS) is 15.6. The van der Waals surface area contributed by atoms with Gasteiger partial charge in [0, 0.05) is 5.75 Å². The van der Waals surface area contributed by atoms with Crippen LogP contribution in [0.1, 0.15) is 32.6 Å². The summed E-state index contributed by atoms with van der Waals surface area (Å²) in [6.07, 6.45) is -0.751. The third kappa shape index (κ3) is 11.0. The van der Waals surface area contributed by atoms with Gasteiger partial charge < -0.3 is 42.7 Å². The lowest BCUT2D eigenvalue weighted by atomic mass is 10.1. The van der Waals surface area contributed by atoms with Gasteiger partial charge in [0.2, 0.25) is 17.7 Å². The lowest BCUT2D eigenvalue weighted by molar-refractivity contribution is -0.143. The predicted octanol–water partition coefficient (Wildman–Crippen LogP) is -3.23. The molecule has 0 bridgehead atoms. The zero-order valence-electron chi connectivity index (χ0n) is 17.1. The molecule has 0 aliphatic carbocycles. The van der Waals surface area contributed by atoms with E-state index in [0.29, 0.717) is 25.8 Å². The van der Waals surface area contributed by atoms with Gasteiger partial charge in [-0.25, -0.2) is 4.79 Å². The average molecular weight is 466 g/mol. The Morgan fingerprint density at radius 3 is 1.97 bits per heavy atom. The number of nitrogens with two attached hydrogens (primary N) is 2. The van der Waals surface area contributed by atoms with Crippen molar-refractivity contribution in [3.05, 3.63) is 0 Å². The van der Waals surface area contributed by atoms with Gasteiger partial charge in [0.15, 0.2) is 0 Å². The van der Waals surface area contributed by atoms with Gasteiger partial charge in [-0.15, -0.1) is 0 Å². The number of aliphatic hydroxyl groups is 1. The summed E-state index contributed by atoms with van der Waals surface area (Å²) in [6, 6.07) is -5.58. The van der Waals surface area contributed by atoms with Crippen molar-refractivity contribution in [1.29, 1.82) is 0 Å². The summed E-state index contributed by atoms with van der Waals surface area (Å²) in [4.78, 5) is 59.2. The maximum Gasteiger partial charge on any atom is 0.327 e. The first kappa shape index (κ1) is 28.6. The Hall–Kier alpha value is -2.42. The highest BCUT2D eigenvalue weighted by Crippen LogP contribution is 2.03. The number of amides is 3. The molecule has 10 N–H and O–H groups in total. The minimum atomic E-state index is -1.66. The van der Waals surface area contributed by atoms with Gasteiger partial charge in [0.1, 0.15) is 18.1 Å². The molecule has 0 fully saturated rings. The summed E-state index contributed by atoms with van der Waals surface area (Å²) >= 11 is 3.79. The first-order valence-electron chi connectivity index (χ1n) is 9.54. The molecule has 31 heavy (non-hydrogen) atoms. The first-order valence-corrected chi connectivity index (χ1v) is 10.2. The molecule has 0 aliphatic heterocycles. The van der Waals surface area contributed by atoms with Gasteiger partial charge >= 0.3 is 11.9 Å². The van der Waals surface area contributed by atoms with E-state index in [1.165, 1.54) is 6.92 Å². The SMILES string of the molecule is CC(O)C(NC(=O)C(N)CCCCN)C(=O)NC(CC(=O)O)C(=O)NC(CS)C(=O)O. The number of carbonyl (C=O) groups is 5. The number of carboxylic acid groups (broad SMARTS) is 2. The third-order valence-electron chi connectivity index (χ3n) is 4.18. The second-order valence-electron chi connectivity index (χ2n) is 6.86. The minimum Gasteiger partial charge on any atom is -0.481 e. The number of hydrogen-bond donors (Lipinski definition) is 9. The fraction of sp³-hybridized carbons (Fsp3) is 0.706. The predicted molar refractivity (Wildman–Crippen MR) is 112 cm³/mol. The number of aliphatic hydroxyl groups excluding tert-OH is 1. The zero-order chi connectivity index (χ0) is 24.1. The second kappa shape index (κ2) is 14.6. The molecule has 3 amide bonds. The topological polar surface area (TPSA) is 234 Å². The van der Waals surface area contributed by atoms with E-state index in [2.05, 4.69) is 28.6 Å². The molecule has 0 aromatic carbocycles. The molecular weight excluding hydrogens is 434 g/mol. The highest BCUT2D eigenvalue weighted by atomic mass is 32.1. The Labute approximate surface area is 184 Å². The lowest BCUT2D eigenvalue weighted by Crippen LogP contribution is -2.60. The number of nitrogens with one attached hydrogen (secondary N) is 3. The number of carboxylic acids is 2. The van der Waals surface area contributed by atoms with Crippen LogP contribution < -0.4 is 27.4 Å². The molecule has 5 unspecified atom stereocenters. The van der Waals surface area contributed by atoms with Gasteiger partial charge in [-0.3, -0.25) is 19.2 Å². The second-order valence-corrected chi connectivity index (χ2v) is 7.22. The van der Waals surface area contributed by atoms with Crippen LogP contribution in [0.4, 0.5) is 0 Å². The molecule has 0 heterocycles. The fourth-order valence-electron chi connectivity index (χ4n) is 2.41. The molecular formula is C17H31N5O8S. The summed E-state index contributed by atoms with van der Waals surface area (Å²) in [7, 11) is 0. The molecule has 0 aromatic rings. The monoisotopic (exact) mass is 465 g/mol.